The van der Waals surface area contributed by atoms with E-state index in [1.54, 1.807) is 24.3 Å². The molecule has 2 heterocycles. The quantitative estimate of drug-likeness (QED) is 0.261. The lowest BCUT2D eigenvalue weighted by atomic mass is 10.1. The number of piperidine rings is 1. The summed E-state index contributed by atoms with van der Waals surface area (Å²) in [5, 5.41) is 0.480. The zero-order chi connectivity index (χ0) is 24.3. The topological polar surface area (TPSA) is 72.6 Å². The zero-order valence-corrected chi connectivity index (χ0v) is 20.9. The molecule has 1 aliphatic heterocycles. The number of rotatable bonds is 8. The van der Waals surface area contributed by atoms with Crippen molar-refractivity contribution in [3.05, 3.63) is 71.8 Å². The fraction of sp³-hybridized carbons (Fsp3) is 0.296. The van der Waals surface area contributed by atoms with Gasteiger partial charge in [-0.15, -0.1) is 0 Å². The molecule has 182 valence electrons. The van der Waals surface area contributed by atoms with E-state index in [4.69, 9.17) is 20.8 Å². The number of halogens is 1. The van der Waals surface area contributed by atoms with E-state index in [1.165, 1.54) is 50.6 Å². The molecule has 35 heavy (non-hydrogen) atoms. The van der Waals surface area contributed by atoms with Crippen LogP contribution in [0.2, 0.25) is 5.02 Å². The number of hydrogen-bond donors (Lipinski definition) is 0. The molecule has 8 heteroatoms. The highest BCUT2D eigenvalue weighted by Crippen LogP contribution is 2.29. The summed E-state index contributed by atoms with van der Waals surface area (Å²) in [5.74, 6) is 1.23. The molecule has 0 spiro atoms. The number of likely N-dealkylation sites (tertiary alicyclic amines) is 1. The van der Waals surface area contributed by atoms with Crippen LogP contribution in [0.15, 0.2) is 80.9 Å². The number of aromatic nitrogens is 1. The Morgan fingerprint density at radius 3 is 2.37 bits per heavy atom. The molecule has 0 amide bonds. The van der Waals surface area contributed by atoms with Crippen LogP contribution in [0.4, 0.5) is 0 Å². The van der Waals surface area contributed by atoms with E-state index >= 15 is 0 Å². The third-order valence-electron chi connectivity index (χ3n) is 6.23. The van der Waals surface area contributed by atoms with E-state index in [2.05, 4.69) is 9.88 Å². The van der Waals surface area contributed by atoms with Gasteiger partial charge >= 0.3 is 0 Å². The Kier molecular flexibility index (Phi) is 7.09. The fourth-order valence-electron chi connectivity index (χ4n) is 4.30. The molecular weight excluding hydrogens is 484 g/mol. The van der Waals surface area contributed by atoms with Crippen molar-refractivity contribution < 1.29 is 17.6 Å². The molecule has 4 aromatic rings. The second-order valence-corrected chi connectivity index (χ2v) is 11.1. The van der Waals surface area contributed by atoms with Gasteiger partial charge < -0.3 is 14.1 Å². The molecule has 0 N–H and O–H groups in total. The molecule has 0 saturated carbocycles. The Balaban J connectivity index is 1.25. The van der Waals surface area contributed by atoms with Crippen molar-refractivity contribution in [2.45, 2.75) is 35.5 Å². The minimum absolute atomic E-state index is 0.142. The van der Waals surface area contributed by atoms with Crippen molar-refractivity contribution in [1.82, 2.24) is 9.88 Å². The summed E-state index contributed by atoms with van der Waals surface area (Å²) in [5.41, 5.74) is 1.80. The van der Waals surface area contributed by atoms with E-state index in [9.17, 15) is 8.42 Å². The highest BCUT2D eigenvalue weighted by Gasteiger charge is 2.20. The summed E-state index contributed by atoms with van der Waals surface area (Å²) in [4.78, 5) is 7.35. The maximum Gasteiger partial charge on any atom is 0.227 e. The third-order valence-corrected chi connectivity index (χ3v) is 8.25. The molecule has 0 unspecified atom stereocenters. The molecular formula is C27H27ClN2O4S. The van der Waals surface area contributed by atoms with E-state index in [-0.39, 0.29) is 9.79 Å². The summed E-state index contributed by atoms with van der Waals surface area (Å²) in [6, 6.07) is 18.4. The SMILES string of the molecule is O=S(=O)(c1ccc(Cl)cc1)c1ccc2nc(-c3ccc(OCCCN4CCCCC4)cc3)oc2c1. The first-order valence-electron chi connectivity index (χ1n) is 11.9. The van der Waals surface area contributed by atoms with Gasteiger partial charge in [-0.1, -0.05) is 18.0 Å². The van der Waals surface area contributed by atoms with E-state index < -0.39 is 9.84 Å². The van der Waals surface area contributed by atoms with Crippen LogP contribution < -0.4 is 4.74 Å². The summed E-state index contributed by atoms with van der Waals surface area (Å²) >= 11 is 5.89. The molecule has 5 rings (SSSR count). The molecule has 1 fully saturated rings. The largest absolute Gasteiger partial charge is 0.494 e. The molecule has 1 saturated heterocycles. The van der Waals surface area contributed by atoms with E-state index in [1.807, 2.05) is 24.3 Å². The Morgan fingerprint density at radius 2 is 1.63 bits per heavy atom. The summed E-state index contributed by atoms with van der Waals surface area (Å²) < 4.78 is 37.8. The molecule has 0 aliphatic carbocycles. The van der Waals surface area contributed by atoms with Crippen molar-refractivity contribution in [3.8, 4) is 17.2 Å². The lowest BCUT2D eigenvalue weighted by molar-refractivity contribution is 0.205. The number of hydrogen-bond acceptors (Lipinski definition) is 6. The van der Waals surface area contributed by atoms with Crippen LogP contribution in [0, 0.1) is 0 Å². The van der Waals surface area contributed by atoms with Crippen LogP contribution in [0.25, 0.3) is 22.6 Å². The molecule has 1 aromatic heterocycles. The molecule has 6 nitrogen and oxygen atoms in total. The summed E-state index contributed by atoms with van der Waals surface area (Å²) in [6.07, 6.45) is 4.96. The van der Waals surface area contributed by atoms with Crippen molar-refractivity contribution in [3.63, 3.8) is 0 Å². The summed E-state index contributed by atoms with van der Waals surface area (Å²) in [7, 11) is -3.69. The van der Waals surface area contributed by atoms with Gasteiger partial charge in [0.2, 0.25) is 15.7 Å². The van der Waals surface area contributed by atoms with Crippen LogP contribution in [0.1, 0.15) is 25.7 Å². The first-order valence-corrected chi connectivity index (χ1v) is 13.7. The van der Waals surface area contributed by atoms with Crippen molar-refractivity contribution in [2.24, 2.45) is 0 Å². The smallest absolute Gasteiger partial charge is 0.227 e. The van der Waals surface area contributed by atoms with E-state index in [0.29, 0.717) is 28.6 Å². The van der Waals surface area contributed by atoms with Gasteiger partial charge in [0.15, 0.2) is 5.58 Å². The number of sulfone groups is 1. The lowest BCUT2D eigenvalue weighted by Crippen LogP contribution is -2.31. The third kappa shape index (κ3) is 5.53. The lowest BCUT2D eigenvalue weighted by Gasteiger charge is -2.26. The van der Waals surface area contributed by atoms with Gasteiger partial charge in [-0.25, -0.2) is 13.4 Å². The van der Waals surface area contributed by atoms with Gasteiger partial charge in [-0.2, -0.15) is 0 Å². The predicted molar refractivity (Wildman–Crippen MR) is 137 cm³/mol. The molecule has 0 radical (unpaired) electrons. The Hall–Kier alpha value is -2.87. The number of oxazole rings is 1. The second kappa shape index (κ2) is 10.4. The second-order valence-electron chi connectivity index (χ2n) is 8.73. The van der Waals surface area contributed by atoms with Gasteiger partial charge in [-0.05, 0) is 93.0 Å². The van der Waals surface area contributed by atoms with Crippen LogP contribution in [-0.4, -0.2) is 44.5 Å². The normalized spacial score (nSPS) is 14.9. The minimum Gasteiger partial charge on any atom is -0.494 e. The van der Waals surface area contributed by atoms with E-state index in [0.717, 1.165) is 24.3 Å². The number of benzene rings is 3. The van der Waals surface area contributed by atoms with Gasteiger partial charge in [0.25, 0.3) is 0 Å². The van der Waals surface area contributed by atoms with Crippen molar-refractivity contribution >= 4 is 32.5 Å². The van der Waals surface area contributed by atoms with Gasteiger partial charge in [0, 0.05) is 23.2 Å². The zero-order valence-electron chi connectivity index (χ0n) is 19.3. The predicted octanol–water partition coefficient (Wildman–Crippen LogP) is 6.24. The Morgan fingerprint density at radius 1 is 0.914 bits per heavy atom. The van der Waals surface area contributed by atoms with Crippen LogP contribution in [0.3, 0.4) is 0 Å². The Bertz CT molecular complexity index is 1390. The maximum absolute atomic E-state index is 13.0. The summed E-state index contributed by atoms with van der Waals surface area (Å²) in [6.45, 7) is 4.17. The molecule has 0 atom stereocenters. The molecule has 0 bridgehead atoms. The number of ether oxygens (including phenoxy) is 1. The van der Waals surface area contributed by atoms with Crippen molar-refractivity contribution in [1.29, 1.82) is 0 Å². The number of nitrogens with zero attached hydrogens (tertiary/aromatic N) is 2. The standard InChI is InChI=1S/C27H27ClN2O4S/c28-21-7-11-23(12-8-21)35(31,32)24-13-14-25-26(19-24)34-27(29-25)20-5-9-22(10-6-20)33-18-4-17-30-15-2-1-3-16-30/h5-14,19H,1-4,15-18H2. The average molecular weight is 511 g/mol. The first-order chi connectivity index (χ1) is 17.0. The van der Waals surface area contributed by atoms with Crippen LogP contribution >= 0.6 is 11.6 Å². The fourth-order valence-corrected chi connectivity index (χ4v) is 5.70. The maximum atomic E-state index is 13.0. The van der Waals surface area contributed by atoms with Crippen LogP contribution in [0.5, 0.6) is 5.75 Å². The van der Waals surface area contributed by atoms with Gasteiger partial charge in [0.05, 0.1) is 16.4 Å². The highest BCUT2D eigenvalue weighted by atomic mass is 35.5. The van der Waals surface area contributed by atoms with Crippen LogP contribution in [-0.2, 0) is 9.84 Å². The minimum atomic E-state index is -3.69. The van der Waals surface area contributed by atoms with Gasteiger partial charge in [0.1, 0.15) is 11.3 Å². The molecule has 1 aliphatic rings. The monoisotopic (exact) mass is 510 g/mol. The first kappa shape index (κ1) is 23.9. The number of fused-ring (bicyclic) bond motifs is 1. The van der Waals surface area contributed by atoms with Gasteiger partial charge in [-0.3, -0.25) is 0 Å². The molecule has 3 aromatic carbocycles. The van der Waals surface area contributed by atoms with Crippen molar-refractivity contribution in [2.75, 3.05) is 26.2 Å². The average Bonchev–Trinajstić information content (AvgIpc) is 3.31. The Labute approximate surface area is 210 Å². The highest BCUT2D eigenvalue weighted by molar-refractivity contribution is 7.91.